The number of halogens is 4. The minimum Gasteiger partial charge on any atom is -0.285 e. The molecule has 1 saturated heterocycles. The van der Waals surface area contributed by atoms with Gasteiger partial charge in [-0.15, -0.1) is 23.5 Å². The fourth-order valence-electron chi connectivity index (χ4n) is 2.55. The number of hydrogen-bond acceptors (Lipinski definition) is 6. The van der Waals surface area contributed by atoms with Crippen molar-refractivity contribution in [2.24, 2.45) is 0 Å². The van der Waals surface area contributed by atoms with Crippen LogP contribution in [-0.2, 0) is 4.79 Å². The number of nitrogens with zero attached hydrogens (tertiary/aromatic N) is 1. The molecule has 0 aromatic heterocycles. The highest BCUT2D eigenvalue weighted by Gasteiger charge is 2.51. The number of carbonyl (C=O) groups excluding carboxylic acids is 1. The van der Waals surface area contributed by atoms with Crippen molar-refractivity contribution in [3.05, 3.63) is 45.0 Å². The Hall–Kier alpha value is -0.580. The molecule has 0 N–H and O–H groups in total. The molecule has 0 amide bonds. The van der Waals surface area contributed by atoms with Crippen LogP contribution in [0, 0.1) is 10.1 Å². The van der Waals surface area contributed by atoms with Crippen LogP contribution in [0.15, 0.2) is 24.3 Å². The smallest absolute Gasteiger partial charge is 0.285 e. The third kappa shape index (κ3) is 5.71. The van der Waals surface area contributed by atoms with E-state index in [0.29, 0.717) is 22.1 Å². The first-order valence-electron chi connectivity index (χ1n) is 7.53. The van der Waals surface area contributed by atoms with E-state index in [1.165, 1.54) is 23.5 Å². The molecular formula is C15H15ClF3NO3S3. The third-order valence-electron chi connectivity index (χ3n) is 3.64. The summed E-state index contributed by atoms with van der Waals surface area (Å²) in [7, 11) is 0. The average Bonchev–Trinajstić information content (AvgIpc) is 2.58. The van der Waals surface area contributed by atoms with Gasteiger partial charge in [-0.05, 0) is 35.6 Å². The highest BCUT2D eigenvalue weighted by Crippen LogP contribution is 2.54. The first-order valence-corrected chi connectivity index (χ1v) is 10.9. The highest BCUT2D eigenvalue weighted by molar-refractivity contribution is 8.25. The monoisotopic (exact) mass is 445 g/mol. The minimum absolute atomic E-state index is 0.188. The van der Waals surface area contributed by atoms with Crippen molar-refractivity contribution in [3.63, 3.8) is 0 Å². The molecule has 0 unspecified atom stereocenters. The van der Waals surface area contributed by atoms with Crippen LogP contribution in [0.4, 0.5) is 13.2 Å². The highest BCUT2D eigenvalue weighted by atomic mass is 35.5. The molecule has 0 radical (unpaired) electrons. The van der Waals surface area contributed by atoms with E-state index in [-0.39, 0.29) is 11.8 Å². The topological polar surface area (TPSA) is 60.2 Å². The number of rotatable bonds is 6. The van der Waals surface area contributed by atoms with E-state index in [0.717, 1.165) is 6.42 Å². The second-order valence-corrected chi connectivity index (χ2v) is 9.85. The summed E-state index contributed by atoms with van der Waals surface area (Å²) in [4.78, 5) is 23.5. The predicted octanol–water partition coefficient (Wildman–Crippen LogP) is 5.09. The van der Waals surface area contributed by atoms with E-state index in [1.807, 2.05) is 0 Å². The molecule has 1 atom stereocenters. The molecule has 0 aliphatic carbocycles. The molecule has 0 spiro atoms. The van der Waals surface area contributed by atoms with Gasteiger partial charge >= 0.3 is 6.18 Å². The molecular weight excluding hydrogens is 431 g/mol. The van der Waals surface area contributed by atoms with Crippen molar-refractivity contribution in [3.8, 4) is 0 Å². The van der Waals surface area contributed by atoms with Gasteiger partial charge in [-0.25, -0.2) is 0 Å². The summed E-state index contributed by atoms with van der Waals surface area (Å²) in [6.45, 7) is -0.542. The molecule has 0 saturated carbocycles. The quantitative estimate of drug-likeness (QED) is 0.449. The maximum Gasteiger partial charge on any atom is 0.398 e. The lowest BCUT2D eigenvalue weighted by atomic mass is 9.95. The zero-order chi connectivity index (χ0) is 19.4. The summed E-state index contributed by atoms with van der Waals surface area (Å²) in [5.41, 5.74) is 0.522. The fourth-order valence-corrected chi connectivity index (χ4v) is 7.28. The lowest BCUT2D eigenvalue weighted by Crippen LogP contribution is -2.43. The van der Waals surface area contributed by atoms with Crippen molar-refractivity contribution in [2.45, 2.75) is 22.6 Å². The zero-order valence-corrected chi connectivity index (χ0v) is 16.5. The largest absolute Gasteiger partial charge is 0.398 e. The van der Waals surface area contributed by atoms with Gasteiger partial charge in [0.1, 0.15) is 4.08 Å². The predicted molar refractivity (Wildman–Crippen MR) is 102 cm³/mol. The Bertz CT molecular complexity index is 652. The summed E-state index contributed by atoms with van der Waals surface area (Å²) in [5.74, 6) is -1.03. The lowest BCUT2D eigenvalue weighted by Gasteiger charge is -2.39. The number of alkyl halides is 3. The Balaban J connectivity index is 2.40. The molecule has 1 aliphatic heterocycles. The Kier molecular flexibility index (Phi) is 7.58. The molecule has 0 bridgehead atoms. The van der Waals surface area contributed by atoms with Crippen LogP contribution in [0.5, 0.6) is 0 Å². The molecule has 1 heterocycles. The lowest BCUT2D eigenvalue weighted by molar-refractivity contribution is -0.483. The number of thioether (sulfide) groups is 3. The summed E-state index contributed by atoms with van der Waals surface area (Å²) < 4.78 is 36.4. The van der Waals surface area contributed by atoms with Crippen LogP contribution in [0.1, 0.15) is 17.9 Å². The average molecular weight is 446 g/mol. The van der Waals surface area contributed by atoms with Gasteiger partial charge in [-0.3, -0.25) is 14.9 Å². The van der Waals surface area contributed by atoms with E-state index in [1.54, 1.807) is 24.3 Å². The van der Waals surface area contributed by atoms with Gasteiger partial charge in [-0.1, -0.05) is 35.5 Å². The van der Waals surface area contributed by atoms with Gasteiger partial charge in [0.05, 0.1) is 11.7 Å². The first kappa shape index (κ1) is 21.7. The van der Waals surface area contributed by atoms with Gasteiger partial charge in [-0.2, -0.15) is 13.2 Å². The molecule has 1 aliphatic rings. The van der Waals surface area contributed by atoms with Gasteiger partial charge < -0.3 is 0 Å². The molecule has 1 aromatic rings. The van der Waals surface area contributed by atoms with Gasteiger partial charge in [0.2, 0.25) is 11.7 Å². The Morgan fingerprint density at radius 1 is 1.31 bits per heavy atom. The summed E-state index contributed by atoms with van der Waals surface area (Å²) in [5, 5.41) is 11.0. The molecule has 144 valence electrons. The number of nitro groups is 1. The SMILES string of the molecule is O=C(SCC(F)(F)F)C1([C@H](C[N+](=O)[O-])c2ccc(Cl)cc2)SCCCS1. The maximum atomic E-state index is 12.8. The standard InChI is InChI=1S/C15H15ClF3NO3S3/c16-11-4-2-10(3-5-11)12(8-20(22)23)15(25-6-1-7-26-15)13(21)24-9-14(17,18)19/h2-5,12H,1,6-9H2/t12-/m1/s1. The van der Waals surface area contributed by atoms with E-state index < -0.39 is 38.5 Å². The van der Waals surface area contributed by atoms with Gasteiger partial charge in [0.15, 0.2) is 0 Å². The maximum absolute atomic E-state index is 12.8. The summed E-state index contributed by atoms with van der Waals surface area (Å²) in [6, 6.07) is 6.30. The summed E-state index contributed by atoms with van der Waals surface area (Å²) in [6.07, 6.45) is -3.69. The van der Waals surface area contributed by atoms with Crippen molar-refractivity contribution >= 4 is 52.0 Å². The number of carbonyl (C=O) groups is 1. The molecule has 4 nitrogen and oxygen atoms in total. The number of benzene rings is 1. The van der Waals surface area contributed by atoms with E-state index in [9.17, 15) is 28.1 Å². The summed E-state index contributed by atoms with van der Waals surface area (Å²) >= 11 is 8.46. The Morgan fingerprint density at radius 2 is 1.88 bits per heavy atom. The second-order valence-electron chi connectivity index (χ2n) is 5.53. The van der Waals surface area contributed by atoms with E-state index >= 15 is 0 Å². The molecule has 26 heavy (non-hydrogen) atoms. The van der Waals surface area contributed by atoms with E-state index in [4.69, 9.17) is 11.6 Å². The van der Waals surface area contributed by atoms with Crippen LogP contribution >= 0.6 is 46.9 Å². The first-order chi connectivity index (χ1) is 12.1. The van der Waals surface area contributed by atoms with Crippen LogP contribution < -0.4 is 0 Å². The fraction of sp³-hybridized carbons (Fsp3) is 0.533. The Morgan fingerprint density at radius 3 is 2.38 bits per heavy atom. The minimum atomic E-state index is -4.48. The Labute approximate surface area is 166 Å². The molecule has 1 fully saturated rings. The molecule has 1 aromatic carbocycles. The van der Waals surface area contributed by atoms with Crippen molar-refractivity contribution in [1.82, 2.24) is 0 Å². The van der Waals surface area contributed by atoms with Gasteiger partial charge in [0.25, 0.3) is 0 Å². The van der Waals surface area contributed by atoms with E-state index in [2.05, 4.69) is 0 Å². The van der Waals surface area contributed by atoms with Crippen LogP contribution in [0.3, 0.4) is 0 Å². The van der Waals surface area contributed by atoms with Crippen molar-refractivity contribution in [2.75, 3.05) is 23.8 Å². The zero-order valence-electron chi connectivity index (χ0n) is 13.3. The van der Waals surface area contributed by atoms with Crippen LogP contribution in [0.2, 0.25) is 5.02 Å². The van der Waals surface area contributed by atoms with Crippen LogP contribution in [0.25, 0.3) is 0 Å². The second kappa shape index (κ2) is 9.07. The van der Waals surface area contributed by atoms with Crippen molar-refractivity contribution in [1.29, 1.82) is 0 Å². The van der Waals surface area contributed by atoms with Crippen LogP contribution in [-0.4, -0.2) is 44.1 Å². The molecule has 2 rings (SSSR count). The molecule has 11 heteroatoms. The third-order valence-corrected chi connectivity index (χ3v) is 8.69. The van der Waals surface area contributed by atoms with Crippen molar-refractivity contribution < 1.29 is 22.9 Å². The number of hydrogen-bond donors (Lipinski definition) is 0. The normalized spacial score (nSPS) is 18.3. The van der Waals surface area contributed by atoms with Gasteiger partial charge in [0, 0.05) is 9.95 Å².